The average molecular weight is 709 g/mol. The van der Waals surface area contributed by atoms with Crippen LogP contribution in [0.5, 0.6) is 11.5 Å². The summed E-state index contributed by atoms with van der Waals surface area (Å²) in [6, 6.07) is 21.4. The largest absolute Gasteiger partial charge is 0.487 e. The molecular weight excluding hydrogens is 654 g/mol. The number of nitrogens with one attached hydrogen (secondary N) is 2. The highest BCUT2D eigenvalue weighted by atomic mass is 19.1. The van der Waals surface area contributed by atoms with Crippen LogP contribution in [0.4, 0.5) is 8.78 Å². The molecule has 0 saturated heterocycles. The summed E-state index contributed by atoms with van der Waals surface area (Å²) in [5, 5.41) is 36.5. The first-order chi connectivity index (χ1) is 24.2. The highest BCUT2D eigenvalue weighted by Gasteiger charge is 2.34. The molecule has 0 radical (unpaired) electrons. The van der Waals surface area contributed by atoms with E-state index < -0.39 is 55.1 Å². The Hall–Kier alpha value is -3.57. The summed E-state index contributed by atoms with van der Waals surface area (Å²) in [6.07, 6.45) is -1.30. The SMILES string of the molecule is CC(C)(CC1Cc2ccccc2C1)NC(F)C(O)COc1ccc(CCC(=O)O)cc1OCC(O)C(F)NC(C)(C)CC1Cc2ccccc2C1. The van der Waals surface area contributed by atoms with Gasteiger partial charge in [-0.25, -0.2) is 8.78 Å². The lowest BCUT2D eigenvalue weighted by Gasteiger charge is -2.33. The van der Waals surface area contributed by atoms with Gasteiger partial charge in [0.05, 0.1) is 0 Å². The second-order valence-corrected chi connectivity index (χ2v) is 15.8. The number of alkyl halides is 2. The Morgan fingerprint density at radius 2 is 1.14 bits per heavy atom. The average Bonchev–Trinajstić information content (AvgIpc) is 3.66. The molecular formula is C41H54F2N2O6. The van der Waals surface area contributed by atoms with Crippen molar-refractivity contribution in [2.45, 2.75) is 115 Å². The molecule has 0 spiro atoms. The topological polar surface area (TPSA) is 120 Å². The van der Waals surface area contributed by atoms with Crippen LogP contribution in [0.3, 0.4) is 0 Å². The minimum absolute atomic E-state index is 0.115. The molecule has 0 aromatic heterocycles. The van der Waals surface area contributed by atoms with Gasteiger partial charge in [-0.3, -0.25) is 15.4 Å². The summed E-state index contributed by atoms with van der Waals surface area (Å²) in [5.41, 5.74) is 4.76. The van der Waals surface area contributed by atoms with Gasteiger partial charge in [0.25, 0.3) is 0 Å². The van der Waals surface area contributed by atoms with E-state index in [1.54, 1.807) is 18.2 Å². The quantitative estimate of drug-likeness (QED) is 0.0946. The number of carboxylic acid groups (broad SMARTS) is 1. The van der Waals surface area contributed by atoms with Gasteiger partial charge in [-0.15, -0.1) is 0 Å². The number of hydrogen-bond acceptors (Lipinski definition) is 7. The number of carbonyl (C=O) groups is 1. The lowest BCUT2D eigenvalue weighted by atomic mass is 9.88. The van der Waals surface area contributed by atoms with Crippen LogP contribution in [0.2, 0.25) is 0 Å². The fraction of sp³-hybridized carbons (Fsp3) is 0.537. The third-order valence-corrected chi connectivity index (χ3v) is 10.1. The maximum Gasteiger partial charge on any atom is 0.303 e. The summed E-state index contributed by atoms with van der Waals surface area (Å²) < 4.78 is 42.4. The lowest BCUT2D eigenvalue weighted by Crippen LogP contribution is -2.51. The number of rotatable bonds is 19. The number of aryl methyl sites for hydroxylation is 1. The number of aliphatic carboxylic acids is 1. The zero-order chi connectivity index (χ0) is 36.8. The van der Waals surface area contributed by atoms with Crippen LogP contribution in [-0.4, -0.2) is 70.4 Å². The van der Waals surface area contributed by atoms with Crippen molar-refractivity contribution < 1.29 is 38.4 Å². The fourth-order valence-electron chi connectivity index (χ4n) is 7.80. The van der Waals surface area contributed by atoms with Crippen molar-refractivity contribution in [1.29, 1.82) is 0 Å². The van der Waals surface area contributed by atoms with E-state index in [0.29, 0.717) is 17.4 Å². The van der Waals surface area contributed by atoms with Crippen LogP contribution < -0.4 is 20.1 Å². The Morgan fingerprint density at radius 3 is 1.55 bits per heavy atom. The van der Waals surface area contributed by atoms with Crippen molar-refractivity contribution in [3.63, 3.8) is 0 Å². The molecule has 3 aromatic rings. The Morgan fingerprint density at radius 1 is 0.725 bits per heavy atom. The molecule has 2 aliphatic carbocycles. The second kappa shape index (κ2) is 16.8. The molecule has 0 aliphatic heterocycles. The molecule has 278 valence electrons. The molecule has 0 fully saturated rings. The number of ether oxygens (including phenoxy) is 2. The molecule has 8 nitrogen and oxygen atoms in total. The van der Waals surface area contributed by atoms with Crippen LogP contribution in [0.25, 0.3) is 0 Å². The normalized spacial score (nSPS) is 17.4. The summed E-state index contributed by atoms with van der Waals surface area (Å²) in [7, 11) is 0. The zero-order valence-corrected chi connectivity index (χ0v) is 30.2. The van der Waals surface area contributed by atoms with Crippen molar-refractivity contribution in [2.24, 2.45) is 11.8 Å². The van der Waals surface area contributed by atoms with Gasteiger partial charge in [-0.1, -0.05) is 54.6 Å². The summed E-state index contributed by atoms with van der Waals surface area (Å²) in [4.78, 5) is 11.2. The van der Waals surface area contributed by atoms with Gasteiger partial charge in [0.2, 0.25) is 0 Å². The Labute approximate surface area is 300 Å². The molecule has 0 amide bonds. The lowest BCUT2D eigenvalue weighted by molar-refractivity contribution is -0.136. The minimum atomic E-state index is -1.79. The predicted molar refractivity (Wildman–Crippen MR) is 194 cm³/mol. The predicted octanol–water partition coefficient (Wildman–Crippen LogP) is 6.12. The van der Waals surface area contributed by atoms with Gasteiger partial charge in [0, 0.05) is 17.5 Å². The molecule has 5 N–H and O–H groups in total. The van der Waals surface area contributed by atoms with Crippen LogP contribution >= 0.6 is 0 Å². The van der Waals surface area contributed by atoms with Crippen molar-refractivity contribution in [2.75, 3.05) is 13.2 Å². The van der Waals surface area contributed by atoms with Gasteiger partial charge in [0.1, 0.15) is 25.4 Å². The molecule has 4 atom stereocenters. The van der Waals surface area contributed by atoms with Gasteiger partial charge in [-0.2, -0.15) is 0 Å². The van der Waals surface area contributed by atoms with Crippen LogP contribution in [0.15, 0.2) is 66.7 Å². The molecule has 51 heavy (non-hydrogen) atoms. The number of carboxylic acids is 1. The Balaban J connectivity index is 1.14. The maximum atomic E-state index is 15.4. The number of fused-ring (bicyclic) bond motifs is 2. The van der Waals surface area contributed by atoms with E-state index in [1.165, 1.54) is 22.3 Å². The number of halogens is 2. The highest BCUT2D eigenvalue weighted by Crippen LogP contribution is 2.34. The molecule has 2 aliphatic rings. The molecule has 3 aromatic carbocycles. The molecule has 0 saturated carbocycles. The van der Waals surface area contributed by atoms with E-state index >= 15 is 8.78 Å². The highest BCUT2D eigenvalue weighted by molar-refractivity contribution is 5.67. The van der Waals surface area contributed by atoms with Gasteiger partial charge >= 0.3 is 5.97 Å². The molecule has 5 rings (SSSR count). The van der Waals surface area contributed by atoms with E-state index in [0.717, 1.165) is 38.5 Å². The van der Waals surface area contributed by atoms with Crippen molar-refractivity contribution >= 4 is 5.97 Å². The number of aliphatic hydroxyl groups excluding tert-OH is 2. The van der Waals surface area contributed by atoms with Gasteiger partial charge in [-0.05, 0) is 124 Å². The molecule has 0 bridgehead atoms. The third-order valence-electron chi connectivity index (χ3n) is 10.1. The van der Waals surface area contributed by atoms with E-state index in [1.807, 2.05) is 52.0 Å². The third kappa shape index (κ3) is 11.2. The van der Waals surface area contributed by atoms with Crippen LogP contribution in [-0.2, 0) is 36.9 Å². The monoisotopic (exact) mass is 708 g/mol. The van der Waals surface area contributed by atoms with Gasteiger partial charge < -0.3 is 24.8 Å². The Kier molecular flexibility index (Phi) is 12.8. The molecule has 0 heterocycles. The number of hydrogen-bond donors (Lipinski definition) is 5. The zero-order valence-electron chi connectivity index (χ0n) is 30.2. The number of benzene rings is 3. The van der Waals surface area contributed by atoms with Crippen molar-refractivity contribution in [3.8, 4) is 11.5 Å². The maximum absolute atomic E-state index is 15.4. The Bertz CT molecular complexity index is 1570. The minimum Gasteiger partial charge on any atom is -0.487 e. The molecule has 10 heteroatoms. The first kappa shape index (κ1) is 38.7. The molecule has 4 unspecified atom stereocenters. The summed E-state index contributed by atoms with van der Waals surface area (Å²) in [6.45, 7) is 6.85. The van der Waals surface area contributed by atoms with Crippen LogP contribution in [0.1, 0.15) is 74.8 Å². The first-order valence-corrected chi connectivity index (χ1v) is 18.1. The smallest absolute Gasteiger partial charge is 0.303 e. The fourth-order valence-corrected chi connectivity index (χ4v) is 7.80. The van der Waals surface area contributed by atoms with E-state index in [9.17, 15) is 15.0 Å². The van der Waals surface area contributed by atoms with E-state index in [2.05, 4.69) is 34.9 Å². The first-order valence-electron chi connectivity index (χ1n) is 18.1. The summed E-state index contributed by atoms with van der Waals surface area (Å²) >= 11 is 0. The second-order valence-electron chi connectivity index (χ2n) is 15.8. The standard InChI is InChI=1S/C41H54F2N2O6/c1-40(2,22-27-17-29-9-5-6-10-30(29)18-27)44-38(42)33(46)24-50-35-15-13-26(14-16-37(48)49)21-36(35)51-25-34(47)39(43)45-41(3,4)23-28-19-31-11-7-8-12-32(31)20-28/h5-13,15,21,27-28,33-34,38-39,44-47H,14,16-20,22-25H2,1-4H3,(H,48,49). The van der Waals surface area contributed by atoms with E-state index in [4.69, 9.17) is 14.6 Å². The summed E-state index contributed by atoms with van der Waals surface area (Å²) in [5.74, 6) is 0.0532. The van der Waals surface area contributed by atoms with Crippen LogP contribution in [0, 0.1) is 11.8 Å². The van der Waals surface area contributed by atoms with Gasteiger partial charge in [0.15, 0.2) is 24.1 Å². The van der Waals surface area contributed by atoms with E-state index in [-0.39, 0.29) is 24.3 Å². The van der Waals surface area contributed by atoms with Crippen molar-refractivity contribution in [3.05, 3.63) is 94.5 Å². The number of aliphatic hydroxyl groups is 2. The van der Waals surface area contributed by atoms with Crippen molar-refractivity contribution in [1.82, 2.24) is 10.6 Å².